The number of nitrogens with one attached hydrogen (secondary N) is 1. The lowest BCUT2D eigenvalue weighted by atomic mass is 10.1. The van der Waals surface area contributed by atoms with Gasteiger partial charge in [0.05, 0.1) is 0 Å². The second-order valence-electron chi connectivity index (χ2n) is 4.55. The molecule has 0 saturated carbocycles. The average Bonchev–Trinajstić information content (AvgIpc) is 2.29. The van der Waals surface area contributed by atoms with Gasteiger partial charge in [-0.2, -0.15) is 0 Å². The molecule has 3 heteroatoms. The summed E-state index contributed by atoms with van der Waals surface area (Å²) in [5.74, 6) is -0.181. The number of benzene rings is 2. The Morgan fingerprint density at radius 3 is 2.17 bits per heavy atom. The molecule has 0 atom stereocenters. The van der Waals surface area contributed by atoms with Crippen molar-refractivity contribution in [2.45, 2.75) is 20.4 Å². The van der Waals surface area contributed by atoms with E-state index in [-0.39, 0.29) is 11.5 Å². The molecule has 0 bridgehead atoms. The molecule has 0 spiro atoms. The van der Waals surface area contributed by atoms with Crippen LogP contribution < -0.4 is 5.32 Å². The van der Waals surface area contributed by atoms with Crippen LogP contribution in [0.3, 0.4) is 0 Å². The van der Waals surface area contributed by atoms with Gasteiger partial charge in [0.15, 0.2) is 11.5 Å². The Morgan fingerprint density at radius 1 is 0.889 bits per heavy atom. The van der Waals surface area contributed by atoms with Gasteiger partial charge in [0.2, 0.25) is 0 Å². The molecular formula is C15H17NO2. The lowest BCUT2D eigenvalue weighted by Gasteiger charge is -2.09. The van der Waals surface area contributed by atoms with Crippen LogP contribution in [0.5, 0.6) is 11.5 Å². The van der Waals surface area contributed by atoms with Crippen molar-refractivity contribution >= 4 is 5.69 Å². The third-order valence-electron chi connectivity index (χ3n) is 2.76. The Labute approximate surface area is 107 Å². The molecule has 0 radical (unpaired) electrons. The van der Waals surface area contributed by atoms with E-state index in [1.807, 2.05) is 0 Å². The Bertz CT molecular complexity index is 544. The second kappa shape index (κ2) is 5.00. The van der Waals surface area contributed by atoms with Crippen molar-refractivity contribution in [3.63, 3.8) is 0 Å². The standard InChI is InChI=1S/C15H17NO2/c1-10-5-11(2)7-13(6-10)16-9-12-3-4-14(17)15(18)8-12/h3-8,16-18H,9H2,1-2H3. The molecule has 0 saturated heterocycles. The maximum Gasteiger partial charge on any atom is 0.157 e. The van der Waals surface area contributed by atoms with E-state index in [1.165, 1.54) is 17.2 Å². The van der Waals surface area contributed by atoms with Crippen LogP contribution >= 0.6 is 0 Å². The van der Waals surface area contributed by atoms with Gasteiger partial charge < -0.3 is 15.5 Å². The molecule has 0 unspecified atom stereocenters. The summed E-state index contributed by atoms with van der Waals surface area (Å²) in [6, 6.07) is 11.1. The van der Waals surface area contributed by atoms with Crippen molar-refractivity contribution in [2.24, 2.45) is 0 Å². The monoisotopic (exact) mass is 243 g/mol. The normalized spacial score (nSPS) is 10.3. The summed E-state index contributed by atoms with van der Waals surface area (Å²) in [5.41, 5.74) is 4.40. The zero-order chi connectivity index (χ0) is 13.1. The summed E-state index contributed by atoms with van der Waals surface area (Å²) >= 11 is 0. The topological polar surface area (TPSA) is 52.5 Å². The summed E-state index contributed by atoms with van der Waals surface area (Å²) in [6.45, 7) is 4.73. The number of hydrogen-bond acceptors (Lipinski definition) is 3. The highest BCUT2D eigenvalue weighted by molar-refractivity contribution is 5.49. The number of rotatable bonds is 3. The van der Waals surface area contributed by atoms with Gasteiger partial charge in [0.1, 0.15) is 0 Å². The Kier molecular flexibility index (Phi) is 3.42. The van der Waals surface area contributed by atoms with E-state index in [0.29, 0.717) is 6.54 Å². The minimum absolute atomic E-state index is 0.0882. The minimum Gasteiger partial charge on any atom is -0.504 e. The molecular weight excluding hydrogens is 226 g/mol. The van der Waals surface area contributed by atoms with Gasteiger partial charge in [-0.05, 0) is 54.8 Å². The lowest BCUT2D eigenvalue weighted by molar-refractivity contribution is 0.403. The van der Waals surface area contributed by atoms with Crippen LogP contribution in [0.2, 0.25) is 0 Å². The number of anilines is 1. The molecule has 2 aromatic carbocycles. The molecule has 0 heterocycles. The van der Waals surface area contributed by atoms with Crippen LogP contribution in [0, 0.1) is 13.8 Å². The highest BCUT2D eigenvalue weighted by Gasteiger charge is 2.01. The van der Waals surface area contributed by atoms with E-state index in [9.17, 15) is 10.2 Å². The fourth-order valence-electron chi connectivity index (χ4n) is 1.96. The number of aryl methyl sites for hydroxylation is 2. The number of phenolic OH excluding ortho intramolecular Hbond substituents is 2. The van der Waals surface area contributed by atoms with Crippen LogP contribution in [0.4, 0.5) is 5.69 Å². The van der Waals surface area contributed by atoms with E-state index < -0.39 is 0 Å². The zero-order valence-corrected chi connectivity index (χ0v) is 10.6. The molecule has 0 aromatic heterocycles. The maximum absolute atomic E-state index is 9.41. The highest BCUT2D eigenvalue weighted by Crippen LogP contribution is 2.25. The summed E-state index contributed by atoms with van der Waals surface area (Å²) in [4.78, 5) is 0. The molecule has 0 fully saturated rings. The van der Waals surface area contributed by atoms with E-state index in [1.54, 1.807) is 12.1 Å². The molecule has 2 aromatic rings. The lowest BCUT2D eigenvalue weighted by Crippen LogP contribution is -1.99. The van der Waals surface area contributed by atoms with Crippen LogP contribution in [-0.2, 0) is 6.54 Å². The SMILES string of the molecule is Cc1cc(C)cc(NCc2ccc(O)c(O)c2)c1. The molecule has 0 amide bonds. The Balaban J connectivity index is 2.08. The fraction of sp³-hybridized carbons (Fsp3) is 0.200. The quantitative estimate of drug-likeness (QED) is 0.725. The molecule has 18 heavy (non-hydrogen) atoms. The predicted molar refractivity (Wildman–Crippen MR) is 73.0 cm³/mol. The van der Waals surface area contributed by atoms with E-state index >= 15 is 0 Å². The molecule has 2 rings (SSSR count). The summed E-state index contributed by atoms with van der Waals surface area (Å²) < 4.78 is 0. The van der Waals surface area contributed by atoms with Crippen molar-refractivity contribution in [1.29, 1.82) is 0 Å². The number of aromatic hydroxyl groups is 2. The van der Waals surface area contributed by atoms with Crippen molar-refractivity contribution in [3.8, 4) is 11.5 Å². The van der Waals surface area contributed by atoms with E-state index in [2.05, 4.69) is 37.4 Å². The first kappa shape index (κ1) is 12.3. The maximum atomic E-state index is 9.41. The first-order valence-electron chi connectivity index (χ1n) is 5.87. The number of phenols is 2. The molecule has 0 aliphatic rings. The minimum atomic E-state index is -0.0925. The summed E-state index contributed by atoms with van der Waals surface area (Å²) in [6.07, 6.45) is 0. The van der Waals surface area contributed by atoms with E-state index in [0.717, 1.165) is 11.3 Å². The largest absolute Gasteiger partial charge is 0.504 e. The van der Waals surface area contributed by atoms with E-state index in [4.69, 9.17) is 0 Å². The van der Waals surface area contributed by atoms with Gasteiger partial charge in [-0.3, -0.25) is 0 Å². The molecule has 3 nitrogen and oxygen atoms in total. The third-order valence-corrected chi connectivity index (χ3v) is 2.76. The van der Waals surface area contributed by atoms with Crippen molar-refractivity contribution in [1.82, 2.24) is 0 Å². The van der Waals surface area contributed by atoms with Gasteiger partial charge in [0, 0.05) is 12.2 Å². The van der Waals surface area contributed by atoms with Crippen molar-refractivity contribution in [2.75, 3.05) is 5.32 Å². The molecule has 0 aliphatic heterocycles. The summed E-state index contributed by atoms with van der Waals surface area (Å²) in [5, 5.41) is 21.9. The third kappa shape index (κ3) is 2.94. The van der Waals surface area contributed by atoms with Gasteiger partial charge in [-0.15, -0.1) is 0 Å². The van der Waals surface area contributed by atoms with Crippen molar-refractivity contribution < 1.29 is 10.2 Å². The zero-order valence-electron chi connectivity index (χ0n) is 10.6. The highest BCUT2D eigenvalue weighted by atomic mass is 16.3. The van der Waals surface area contributed by atoms with Crippen LogP contribution in [0.1, 0.15) is 16.7 Å². The first-order valence-corrected chi connectivity index (χ1v) is 5.87. The Hall–Kier alpha value is -2.16. The van der Waals surface area contributed by atoms with Crippen LogP contribution in [0.15, 0.2) is 36.4 Å². The number of hydrogen-bond donors (Lipinski definition) is 3. The van der Waals surface area contributed by atoms with Gasteiger partial charge in [0.25, 0.3) is 0 Å². The van der Waals surface area contributed by atoms with Crippen molar-refractivity contribution in [3.05, 3.63) is 53.1 Å². The van der Waals surface area contributed by atoms with Gasteiger partial charge in [-0.25, -0.2) is 0 Å². The summed E-state index contributed by atoms with van der Waals surface area (Å²) in [7, 11) is 0. The molecule has 94 valence electrons. The smallest absolute Gasteiger partial charge is 0.157 e. The first-order chi connectivity index (χ1) is 8.54. The van der Waals surface area contributed by atoms with Crippen LogP contribution in [-0.4, -0.2) is 10.2 Å². The average molecular weight is 243 g/mol. The van der Waals surface area contributed by atoms with Crippen LogP contribution in [0.25, 0.3) is 0 Å². The van der Waals surface area contributed by atoms with Gasteiger partial charge in [-0.1, -0.05) is 12.1 Å². The predicted octanol–water partition coefficient (Wildman–Crippen LogP) is 3.33. The Morgan fingerprint density at radius 2 is 1.56 bits per heavy atom. The second-order valence-corrected chi connectivity index (χ2v) is 4.55. The van der Waals surface area contributed by atoms with Gasteiger partial charge >= 0.3 is 0 Å². The fourth-order valence-corrected chi connectivity index (χ4v) is 1.96. The molecule has 0 aliphatic carbocycles. The molecule has 3 N–H and O–H groups in total.